The first-order chi connectivity index (χ1) is 6.19. The van der Waals surface area contributed by atoms with E-state index in [9.17, 15) is 0 Å². The summed E-state index contributed by atoms with van der Waals surface area (Å²) in [6, 6.07) is 5.80. The molecule has 4 heteroatoms. The fourth-order valence-electron chi connectivity index (χ4n) is 1.27. The van der Waals surface area contributed by atoms with Crippen LogP contribution in [0.4, 0.5) is 0 Å². The second kappa shape index (κ2) is 5.86. The summed E-state index contributed by atoms with van der Waals surface area (Å²) in [5.41, 5.74) is 13.4. The molecule has 0 fully saturated rings. The van der Waals surface area contributed by atoms with Crippen molar-refractivity contribution in [2.24, 2.45) is 11.5 Å². The highest BCUT2D eigenvalue weighted by molar-refractivity contribution is 5.85. The van der Waals surface area contributed by atoms with Gasteiger partial charge in [0.1, 0.15) is 5.75 Å². The van der Waals surface area contributed by atoms with Crippen LogP contribution in [-0.4, -0.2) is 13.7 Å². The second-order valence-electron chi connectivity index (χ2n) is 3.07. The number of rotatable bonds is 3. The molecule has 1 atom stereocenters. The van der Waals surface area contributed by atoms with E-state index in [0.717, 1.165) is 16.9 Å². The predicted molar refractivity (Wildman–Crippen MR) is 61.0 cm³/mol. The zero-order chi connectivity index (χ0) is 9.84. The van der Waals surface area contributed by atoms with E-state index in [2.05, 4.69) is 0 Å². The Hall–Kier alpha value is -0.770. The molecule has 0 amide bonds. The van der Waals surface area contributed by atoms with Crippen molar-refractivity contribution in [1.29, 1.82) is 0 Å². The molecule has 0 aromatic heterocycles. The van der Waals surface area contributed by atoms with Gasteiger partial charge in [0.05, 0.1) is 7.11 Å². The van der Waals surface area contributed by atoms with Crippen LogP contribution in [0.2, 0.25) is 0 Å². The van der Waals surface area contributed by atoms with E-state index >= 15 is 0 Å². The minimum atomic E-state index is -0.0791. The quantitative estimate of drug-likeness (QED) is 0.803. The van der Waals surface area contributed by atoms with Gasteiger partial charge in [-0.2, -0.15) is 0 Å². The van der Waals surface area contributed by atoms with Crippen LogP contribution in [0.15, 0.2) is 18.2 Å². The van der Waals surface area contributed by atoms with Gasteiger partial charge in [-0.25, -0.2) is 0 Å². The SMILES string of the molecule is COc1ccc([C@@H](N)CN)cc1C.Cl. The third kappa shape index (κ3) is 2.87. The minimum absolute atomic E-state index is 0. The second-order valence-corrected chi connectivity index (χ2v) is 3.07. The van der Waals surface area contributed by atoms with Gasteiger partial charge in [-0.1, -0.05) is 12.1 Å². The van der Waals surface area contributed by atoms with Crippen LogP contribution in [0.5, 0.6) is 5.75 Å². The van der Waals surface area contributed by atoms with Crippen molar-refractivity contribution >= 4 is 12.4 Å². The molecule has 1 aromatic carbocycles. The molecule has 0 radical (unpaired) electrons. The zero-order valence-corrected chi connectivity index (χ0v) is 9.30. The molecule has 3 nitrogen and oxygen atoms in total. The number of nitrogens with two attached hydrogens (primary N) is 2. The maximum absolute atomic E-state index is 5.79. The van der Waals surface area contributed by atoms with Crippen LogP contribution < -0.4 is 16.2 Å². The molecule has 0 aliphatic heterocycles. The monoisotopic (exact) mass is 216 g/mol. The lowest BCUT2D eigenvalue weighted by Gasteiger charge is -2.11. The third-order valence-electron chi connectivity index (χ3n) is 2.10. The van der Waals surface area contributed by atoms with Gasteiger partial charge in [0.2, 0.25) is 0 Å². The van der Waals surface area contributed by atoms with E-state index in [4.69, 9.17) is 16.2 Å². The largest absolute Gasteiger partial charge is 0.496 e. The summed E-state index contributed by atoms with van der Waals surface area (Å²) in [6.07, 6.45) is 0. The lowest BCUT2D eigenvalue weighted by molar-refractivity contribution is 0.411. The van der Waals surface area contributed by atoms with Gasteiger partial charge in [0.15, 0.2) is 0 Å². The van der Waals surface area contributed by atoms with Crippen LogP contribution in [0.1, 0.15) is 17.2 Å². The van der Waals surface area contributed by atoms with Crippen molar-refractivity contribution < 1.29 is 4.74 Å². The summed E-state index contributed by atoms with van der Waals surface area (Å²) < 4.78 is 5.14. The van der Waals surface area contributed by atoms with Crippen molar-refractivity contribution in [3.63, 3.8) is 0 Å². The summed E-state index contributed by atoms with van der Waals surface area (Å²) in [4.78, 5) is 0. The molecular weight excluding hydrogens is 200 g/mol. The van der Waals surface area contributed by atoms with E-state index in [1.54, 1.807) is 7.11 Å². The molecule has 0 saturated heterocycles. The number of ether oxygens (including phenoxy) is 1. The smallest absolute Gasteiger partial charge is 0.121 e. The summed E-state index contributed by atoms with van der Waals surface area (Å²) in [5.74, 6) is 0.882. The molecule has 1 aromatic rings. The highest BCUT2D eigenvalue weighted by Crippen LogP contribution is 2.20. The van der Waals surface area contributed by atoms with E-state index in [0.29, 0.717) is 6.54 Å². The predicted octanol–water partition coefficient (Wildman–Crippen LogP) is 1.38. The molecule has 0 aliphatic carbocycles. The Bertz CT molecular complexity index is 291. The highest BCUT2D eigenvalue weighted by Gasteiger charge is 2.05. The van der Waals surface area contributed by atoms with Gasteiger partial charge in [0, 0.05) is 12.6 Å². The Morgan fingerprint density at radius 2 is 2.07 bits per heavy atom. The van der Waals surface area contributed by atoms with Gasteiger partial charge < -0.3 is 16.2 Å². The van der Waals surface area contributed by atoms with Crippen molar-refractivity contribution in [3.05, 3.63) is 29.3 Å². The average Bonchev–Trinajstić information content (AvgIpc) is 2.16. The van der Waals surface area contributed by atoms with Crippen molar-refractivity contribution in [1.82, 2.24) is 0 Å². The fraction of sp³-hybridized carbons (Fsp3) is 0.400. The van der Waals surface area contributed by atoms with Crippen molar-refractivity contribution in [3.8, 4) is 5.75 Å². The third-order valence-corrected chi connectivity index (χ3v) is 2.10. The molecule has 0 unspecified atom stereocenters. The molecule has 0 aliphatic rings. The number of halogens is 1. The van der Waals surface area contributed by atoms with Gasteiger partial charge >= 0.3 is 0 Å². The van der Waals surface area contributed by atoms with Crippen molar-refractivity contribution in [2.45, 2.75) is 13.0 Å². The first-order valence-corrected chi connectivity index (χ1v) is 4.29. The van der Waals surface area contributed by atoms with E-state index in [1.165, 1.54) is 0 Å². The Balaban J connectivity index is 0.00000169. The molecule has 0 spiro atoms. The van der Waals surface area contributed by atoms with Gasteiger partial charge in [0.25, 0.3) is 0 Å². The molecule has 0 heterocycles. The molecule has 80 valence electrons. The maximum atomic E-state index is 5.79. The molecular formula is C10H17ClN2O. The van der Waals surface area contributed by atoms with E-state index in [1.807, 2.05) is 25.1 Å². The zero-order valence-electron chi connectivity index (χ0n) is 8.49. The summed E-state index contributed by atoms with van der Waals surface area (Å²) in [5, 5.41) is 0. The van der Waals surface area contributed by atoms with E-state index in [-0.39, 0.29) is 18.4 Å². The number of methoxy groups -OCH3 is 1. The lowest BCUT2D eigenvalue weighted by Crippen LogP contribution is -2.20. The molecule has 4 N–H and O–H groups in total. The fourth-order valence-corrected chi connectivity index (χ4v) is 1.27. The molecule has 0 saturated carbocycles. The van der Waals surface area contributed by atoms with E-state index < -0.39 is 0 Å². The number of benzene rings is 1. The van der Waals surface area contributed by atoms with Crippen LogP contribution >= 0.6 is 12.4 Å². The minimum Gasteiger partial charge on any atom is -0.496 e. The molecule has 14 heavy (non-hydrogen) atoms. The Labute approximate surface area is 90.8 Å². The van der Waals surface area contributed by atoms with Crippen LogP contribution in [0, 0.1) is 6.92 Å². The normalized spacial score (nSPS) is 11.7. The first kappa shape index (κ1) is 13.2. The number of hydrogen-bond donors (Lipinski definition) is 2. The number of aryl methyl sites for hydroxylation is 1. The van der Waals surface area contributed by atoms with Crippen LogP contribution in [0.3, 0.4) is 0 Å². The highest BCUT2D eigenvalue weighted by atomic mass is 35.5. The first-order valence-electron chi connectivity index (χ1n) is 4.29. The standard InChI is InChI=1S/C10H16N2O.ClH/c1-7-5-8(9(12)6-11)3-4-10(7)13-2;/h3-5,9H,6,11-12H2,1-2H3;1H/t9-;/m0./s1. The van der Waals surface area contributed by atoms with Gasteiger partial charge in [-0.05, 0) is 24.1 Å². The average molecular weight is 217 g/mol. The van der Waals surface area contributed by atoms with Crippen molar-refractivity contribution in [2.75, 3.05) is 13.7 Å². The Morgan fingerprint density at radius 1 is 1.43 bits per heavy atom. The van der Waals surface area contributed by atoms with Gasteiger partial charge in [-0.3, -0.25) is 0 Å². The maximum Gasteiger partial charge on any atom is 0.121 e. The Morgan fingerprint density at radius 3 is 2.50 bits per heavy atom. The summed E-state index contributed by atoms with van der Waals surface area (Å²) in [6.45, 7) is 2.46. The summed E-state index contributed by atoms with van der Waals surface area (Å²) >= 11 is 0. The van der Waals surface area contributed by atoms with Crippen LogP contribution in [-0.2, 0) is 0 Å². The lowest BCUT2D eigenvalue weighted by atomic mass is 10.0. The van der Waals surface area contributed by atoms with Crippen LogP contribution in [0.25, 0.3) is 0 Å². The topological polar surface area (TPSA) is 61.3 Å². The summed E-state index contributed by atoms with van der Waals surface area (Å²) in [7, 11) is 1.66. The molecule has 1 rings (SSSR count). The van der Waals surface area contributed by atoms with Gasteiger partial charge in [-0.15, -0.1) is 12.4 Å². The molecule has 0 bridgehead atoms. The Kier molecular flexibility index (Phi) is 5.53. The number of hydrogen-bond acceptors (Lipinski definition) is 3.